The van der Waals surface area contributed by atoms with Gasteiger partial charge < -0.3 is 10.2 Å². The fraction of sp³-hybridized carbons (Fsp3) is 0.286. The number of halogens is 1. The highest BCUT2D eigenvalue weighted by molar-refractivity contribution is 7.19. The van der Waals surface area contributed by atoms with Crippen LogP contribution in [0.25, 0.3) is 15.5 Å². The lowest BCUT2D eigenvalue weighted by molar-refractivity contribution is 0.584. The highest BCUT2D eigenvalue weighted by Gasteiger charge is 2.16. The van der Waals surface area contributed by atoms with E-state index in [1.165, 1.54) is 15.9 Å². The summed E-state index contributed by atoms with van der Waals surface area (Å²) >= 11 is 7.28. The van der Waals surface area contributed by atoms with E-state index in [2.05, 4.69) is 25.3 Å². The van der Waals surface area contributed by atoms with Crippen molar-refractivity contribution in [1.29, 1.82) is 0 Å². The van der Waals surface area contributed by atoms with Crippen molar-refractivity contribution in [3.63, 3.8) is 0 Å². The molecule has 0 saturated carbocycles. The zero-order valence-corrected chi connectivity index (χ0v) is 13.6. The number of anilines is 1. The molecule has 4 heterocycles. The van der Waals surface area contributed by atoms with Crippen LogP contribution in [0.15, 0.2) is 29.2 Å². The molecular formula is C14H13ClN6OS. The molecule has 1 fully saturated rings. The van der Waals surface area contributed by atoms with Crippen molar-refractivity contribution < 1.29 is 0 Å². The molecule has 0 spiro atoms. The minimum absolute atomic E-state index is 0.175. The number of hydrogen-bond donors (Lipinski definition) is 1. The normalized spacial score (nSPS) is 15.3. The van der Waals surface area contributed by atoms with Crippen molar-refractivity contribution in [2.45, 2.75) is 0 Å². The Morgan fingerprint density at radius 2 is 2.09 bits per heavy atom. The van der Waals surface area contributed by atoms with E-state index >= 15 is 0 Å². The molecule has 0 bridgehead atoms. The molecule has 1 aliphatic heterocycles. The van der Waals surface area contributed by atoms with Crippen LogP contribution in [0, 0.1) is 0 Å². The van der Waals surface area contributed by atoms with E-state index < -0.39 is 0 Å². The molecule has 1 aliphatic rings. The van der Waals surface area contributed by atoms with E-state index in [9.17, 15) is 4.79 Å². The molecule has 4 rings (SSSR count). The number of aromatic nitrogens is 4. The predicted molar refractivity (Wildman–Crippen MR) is 90.5 cm³/mol. The van der Waals surface area contributed by atoms with Gasteiger partial charge in [-0.05, 0) is 12.1 Å². The number of pyridine rings is 1. The number of fused-ring (bicyclic) bond motifs is 1. The first-order valence-corrected chi connectivity index (χ1v) is 8.39. The maximum Gasteiger partial charge on any atom is 0.277 e. The van der Waals surface area contributed by atoms with Crippen molar-refractivity contribution >= 4 is 33.7 Å². The van der Waals surface area contributed by atoms with Crippen LogP contribution in [0.5, 0.6) is 0 Å². The Balaban J connectivity index is 1.79. The Morgan fingerprint density at radius 3 is 2.87 bits per heavy atom. The second-order valence-corrected chi connectivity index (χ2v) is 6.50. The molecule has 9 heteroatoms. The lowest BCUT2D eigenvalue weighted by Crippen LogP contribution is -2.44. The van der Waals surface area contributed by atoms with Crippen LogP contribution < -0.4 is 15.8 Å². The summed E-state index contributed by atoms with van der Waals surface area (Å²) < 4.78 is 1.33. The second-order valence-electron chi connectivity index (χ2n) is 5.16. The molecule has 0 unspecified atom stereocenters. The number of nitrogens with zero attached hydrogens (tertiary/aromatic N) is 5. The Kier molecular flexibility index (Phi) is 3.72. The number of nitrogens with one attached hydrogen (secondary N) is 1. The van der Waals surface area contributed by atoms with Crippen LogP contribution in [0.3, 0.4) is 0 Å². The van der Waals surface area contributed by atoms with E-state index in [0.717, 1.165) is 31.7 Å². The molecule has 3 aromatic rings. The molecule has 23 heavy (non-hydrogen) atoms. The molecule has 1 N–H and O–H groups in total. The third-order valence-corrected chi connectivity index (χ3v) is 4.81. The minimum atomic E-state index is -0.175. The average Bonchev–Trinajstić information content (AvgIpc) is 3.00. The summed E-state index contributed by atoms with van der Waals surface area (Å²) in [7, 11) is 0. The van der Waals surface area contributed by atoms with Gasteiger partial charge in [-0.3, -0.25) is 4.79 Å². The molecule has 0 amide bonds. The molecule has 7 nitrogen and oxygen atoms in total. The summed E-state index contributed by atoms with van der Waals surface area (Å²) in [5.41, 5.74) is 0.648. The van der Waals surface area contributed by atoms with Crippen LogP contribution in [-0.4, -0.2) is 45.8 Å². The first-order chi connectivity index (χ1) is 11.2. The van der Waals surface area contributed by atoms with Crippen LogP contribution in [-0.2, 0) is 0 Å². The van der Waals surface area contributed by atoms with Crippen LogP contribution in [0.1, 0.15) is 0 Å². The zero-order chi connectivity index (χ0) is 15.8. The largest absolute Gasteiger partial charge is 0.354 e. The monoisotopic (exact) mass is 348 g/mol. The lowest BCUT2D eigenvalue weighted by atomic mass is 10.3. The Hall–Kier alpha value is -2.03. The van der Waals surface area contributed by atoms with Crippen molar-refractivity contribution in [3.8, 4) is 10.6 Å². The fourth-order valence-corrected chi connectivity index (χ4v) is 3.58. The molecule has 0 atom stereocenters. The van der Waals surface area contributed by atoms with Gasteiger partial charge in [0.2, 0.25) is 4.96 Å². The van der Waals surface area contributed by atoms with E-state index in [-0.39, 0.29) is 5.56 Å². The maximum absolute atomic E-state index is 12.3. The summed E-state index contributed by atoms with van der Waals surface area (Å²) in [6, 6.07) is 5.08. The Bertz CT molecular complexity index is 917. The van der Waals surface area contributed by atoms with Crippen LogP contribution in [0.2, 0.25) is 5.15 Å². The Labute approximate surface area is 140 Å². The van der Waals surface area contributed by atoms with Gasteiger partial charge in [0.05, 0.1) is 0 Å². The number of piperazine rings is 1. The smallest absolute Gasteiger partial charge is 0.277 e. The van der Waals surface area contributed by atoms with Crippen LogP contribution in [0.4, 0.5) is 5.82 Å². The third-order valence-electron chi connectivity index (χ3n) is 3.65. The van der Waals surface area contributed by atoms with Crippen molar-refractivity contribution in [2.75, 3.05) is 31.1 Å². The van der Waals surface area contributed by atoms with Gasteiger partial charge in [-0.15, -0.1) is 0 Å². The lowest BCUT2D eigenvalue weighted by Gasteiger charge is -2.27. The average molecular weight is 349 g/mol. The van der Waals surface area contributed by atoms with Gasteiger partial charge in [0, 0.05) is 44.0 Å². The molecule has 118 valence electrons. The standard InChI is InChI=1S/C14H13ClN6OS/c15-10-7-9(1-2-17-10)13-19-21-12(22)8-11(18-14(21)23-13)20-5-3-16-4-6-20/h1-2,7-8,16H,3-6H2. The first kappa shape index (κ1) is 14.6. The predicted octanol–water partition coefficient (Wildman–Crippen LogP) is 1.28. The summed E-state index contributed by atoms with van der Waals surface area (Å²) in [6.07, 6.45) is 1.62. The molecule has 3 aromatic heterocycles. The first-order valence-electron chi connectivity index (χ1n) is 7.19. The van der Waals surface area contributed by atoms with E-state index in [1.807, 2.05) is 6.07 Å². The maximum atomic E-state index is 12.3. The summed E-state index contributed by atoms with van der Waals surface area (Å²) in [5.74, 6) is 0.708. The van der Waals surface area contributed by atoms with Crippen LogP contribution >= 0.6 is 22.9 Å². The van der Waals surface area contributed by atoms with Crippen molar-refractivity contribution in [2.24, 2.45) is 0 Å². The van der Waals surface area contributed by atoms with Gasteiger partial charge in [-0.1, -0.05) is 22.9 Å². The van der Waals surface area contributed by atoms with Gasteiger partial charge in [0.15, 0.2) is 0 Å². The van der Waals surface area contributed by atoms with Gasteiger partial charge >= 0.3 is 0 Å². The minimum Gasteiger partial charge on any atom is -0.354 e. The van der Waals surface area contributed by atoms with Gasteiger partial charge in [-0.25, -0.2) is 9.97 Å². The zero-order valence-electron chi connectivity index (χ0n) is 12.1. The highest BCUT2D eigenvalue weighted by atomic mass is 35.5. The summed E-state index contributed by atoms with van der Waals surface area (Å²) in [4.78, 5) is 23.6. The van der Waals surface area contributed by atoms with Gasteiger partial charge in [0.25, 0.3) is 5.56 Å². The molecule has 0 radical (unpaired) electrons. The third kappa shape index (κ3) is 2.80. The molecule has 0 aliphatic carbocycles. The fourth-order valence-electron chi connectivity index (χ4n) is 2.51. The summed E-state index contributed by atoms with van der Waals surface area (Å²) in [6.45, 7) is 3.47. The molecule has 1 saturated heterocycles. The van der Waals surface area contributed by atoms with Crippen molar-refractivity contribution in [3.05, 3.63) is 39.9 Å². The van der Waals surface area contributed by atoms with E-state index in [1.54, 1.807) is 18.3 Å². The highest BCUT2D eigenvalue weighted by Crippen LogP contribution is 2.26. The van der Waals surface area contributed by atoms with E-state index in [0.29, 0.717) is 20.9 Å². The molecular weight excluding hydrogens is 336 g/mol. The quantitative estimate of drug-likeness (QED) is 0.703. The van der Waals surface area contributed by atoms with E-state index in [4.69, 9.17) is 11.6 Å². The van der Waals surface area contributed by atoms with Gasteiger partial charge in [-0.2, -0.15) is 9.61 Å². The molecule has 0 aromatic carbocycles. The summed E-state index contributed by atoms with van der Waals surface area (Å²) in [5, 5.41) is 8.72. The number of rotatable bonds is 2. The van der Waals surface area contributed by atoms with Crippen molar-refractivity contribution in [1.82, 2.24) is 24.9 Å². The van der Waals surface area contributed by atoms with Gasteiger partial charge in [0.1, 0.15) is 16.0 Å². The SMILES string of the molecule is O=c1cc(N2CCNCC2)nc2sc(-c3ccnc(Cl)c3)nn12. The topological polar surface area (TPSA) is 75.4 Å². The number of hydrogen-bond acceptors (Lipinski definition) is 7. The Morgan fingerprint density at radius 1 is 1.26 bits per heavy atom. The second kappa shape index (κ2) is 5.88.